The largest absolute Gasteiger partial charge is 0.497 e. The summed E-state index contributed by atoms with van der Waals surface area (Å²) in [7, 11) is 1.55. The maximum atomic E-state index is 11.6. The summed E-state index contributed by atoms with van der Waals surface area (Å²) in [5.41, 5.74) is 5.76. The molecule has 0 aliphatic heterocycles. The second kappa shape index (κ2) is 4.59. The predicted molar refractivity (Wildman–Crippen MR) is 66.0 cm³/mol. The van der Waals surface area contributed by atoms with Crippen LogP contribution in [0.1, 0.15) is 5.56 Å². The number of nitriles is 1. The summed E-state index contributed by atoms with van der Waals surface area (Å²) >= 11 is 0. The Labute approximate surface area is 103 Å². The minimum absolute atomic E-state index is 0.0233. The number of benzene rings is 1. The van der Waals surface area contributed by atoms with Gasteiger partial charge in [-0.3, -0.25) is 9.78 Å². The van der Waals surface area contributed by atoms with Crippen LogP contribution in [0.25, 0.3) is 11.3 Å². The van der Waals surface area contributed by atoms with E-state index in [-0.39, 0.29) is 17.2 Å². The molecular weight excluding hydrogens is 232 g/mol. The number of hydrogen-bond donors (Lipinski definition) is 2. The van der Waals surface area contributed by atoms with Gasteiger partial charge >= 0.3 is 0 Å². The highest BCUT2D eigenvalue weighted by molar-refractivity contribution is 5.67. The minimum atomic E-state index is -0.546. The Morgan fingerprint density at radius 1 is 1.39 bits per heavy atom. The first-order valence-corrected chi connectivity index (χ1v) is 5.10. The third-order valence-electron chi connectivity index (χ3n) is 2.41. The average Bonchev–Trinajstić information content (AvgIpc) is 2.38. The molecule has 1 aromatic heterocycles. The number of nitrogens with two attached hydrogens (primary N) is 1. The van der Waals surface area contributed by atoms with Gasteiger partial charge in [0.25, 0.3) is 5.56 Å². The zero-order valence-electron chi connectivity index (χ0n) is 9.60. The Kier molecular flexibility index (Phi) is 2.98. The van der Waals surface area contributed by atoms with Crippen molar-refractivity contribution in [1.29, 1.82) is 5.26 Å². The van der Waals surface area contributed by atoms with Crippen LogP contribution in [-0.4, -0.2) is 17.1 Å². The quantitative estimate of drug-likeness (QED) is 0.813. The highest BCUT2D eigenvalue weighted by Crippen LogP contribution is 2.22. The van der Waals surface area contributed by atoms with Crippen LogP contribution in [-0.2, 0) is 0 Å². The molecule has 3 N–H and O–H groups in total. The molecule has 0 aliphatic carbocycles. The van der Waals surface area contributed by atoms with Crippen LogP contribution in [0.2, 0.25) is 0 Å². The van der Waals surface area contributed by atoms with Crippen LogP contribution in [0, 0.1) is 11.3 Å². The van der Waals surface area contributed by atoms with Crippen molar-refractivity contribution in [3.8, 4) is 23.1 Å². The second-order valence-electron chi connectivity index (χ2n) is 3.52. The third kappa shape index (κ3) is 2.01. The van der Waals surface area contributed by atoms with Gasteiger partial charge in [-0.05, 0) is 24.3 Å². The van der Waals surface area contributed by atoms with Crippen molar-refractivity contribution in [2.45, 2.75) is 0 Å². The van der Waals surface area contributed by atoms with Crippen LogP contribution < -0.4 is 16.0 Å². The van der Waals surface area contributed by atoms with Gasteiger partial charge in [0.2, 0.25) is 5.95 Å². The summed E-state index contributed by atoms with van der Waals surface area (Å²) < 4.78 is 5.03. The number of ether oxygens (including phenoxy) is 1. The lowest BCUT2D eigenvalue weighted by molar-refractivity contribution is 0.415. The molecule has 0 amide bonds. The molecule has 6 heteroatoms. The van der Waals surface area contributed by atoms with E-state index in [1.807, 2.05) is 6.07 Å². The lowest BCUT2D eigenvalue weighted by atomic mass is 10.1. The van der Waals surface area contributed by atoms with Gasteiger partial charge in [0, 0.05) is 5.56 Å². The molecule has 0 saturated carbocycles. The number of anilines is 1. The second-order valence-corrected chi connectivity index (χ2v) is 3.52. The van der Waals surface area contributed by atoms with E-state index in [1.54, 1.807) is 31.4 Å². The zero-order valence-corrected chi connectivity index (χ0v) is 9.60. The van der Waals surface area contributed by atoms with Crippen molar-refractivity contribution in [1.82, 2.24) is 9.97 Å². The number of aromatic amines is 1. The molecule has 0 saturated heterocycles. The topological polar surface area (TPSA) is 105 Å². The summed E-state index contributed by atoms with van der Waals surface area (Å²) in [6.45, 7) is 0. The van der Waals surface area contributed by atoms with Crippen LogP contribution in [0.3, 0.4) is 0 Å². The Morgan fingerprint density at radius 2 is 2.06 bits per heavy atom. The van der Waals surface area contributed by atoms with Crippen LogP contribution in [0.15, 0.2) is 29.1 Å². The molecule has 2 aromatic rings. The molecule has 90 valence electrons. The fourth-order valence-corrected chi connectivity index (χ4v) is 1.55. The monoisotopic (exact) mass is 242 g/mol. The Balaban J connectivity index is 2.63. The highest BCUT2D eigenvalue weighted by atomic mass is 16.5. The number of H-pyrrole nitrogens is 1. The number of rotatable bonds is 2. The highest BCUT2D eigenvalue weighted by Gasteiger charge is 2.12. The summed E-state index contributed by atoms with van der Waals surface area (Å²) in [5.74, 6) is 0.653. The molecular formula is C12H10N4O2. The van der Waals surface area contributed by atoms with Gasteiger partial charge < -0.3 is 10.5 Å². The molecule has 1 heterocycles. The van der Waals surface area contributed by atoms with Crippen LogP contribution in [0.4, 0.5) is 5.95 Å². The molecule has 2 rings (SSSR count). The van der Waals surface area contributed by atoms with Gasteiger partial charge in [-0.1, -0.05) is 0 Å². The molecule has 1 aromatic carbocycles. The first kappa shape index (κ1) is 11.7. The van der Waals surface area contributed by atoms with Crippen molar-refractivity contribution in [2.24, 2.45) is 0 Å². The van der Waals surface area contributed by atoms with E-state index in [2.05, 4.69) is 9.97 Å². The van der Waals surface area contributed by atoms with Crippen molar-refractivity contribution in [3.63, 3.8) is 0 Å². The molecule has 0 unspecified atom stereocenters. The first-order chi connectivity index (χ1) is 8.65. The summed E-state index contributed by atoms with van der Waals surface area (Å²) in [4.78, 5) is 17.8. The molecule has 0 bridgehead atoms. The van der Waals surface area contributed by atoms with Crippen molar-refractivity contribution in [2.75, 3.05) is 12.8 Å². The van der Waals surface area contributed by atoms with E-state index in [9.17, 15) is 4.79 Å². The van der Waals surface area contributed by atoms with Gasteiger partial charge in [0.15, 0.2) is 0 Å². The Bertz CT molecular complexity index is 668. The fourth-order valence-electron chi connectivity index (χ4n) is 1.55. The number of hydrogen-bond acceptors (Lipinski definition) is 5. The Hall–Kier alpha value is -2.81. The van der Waals surface area contributed by atoms with Gasteiger partial charge in [0.1, 0.15) is 17.4 Å². The van der Waals surface area contributed by atoms with Crippen LogP contribution >= 0.6 is 0 Å². The van der Waals surface area contributed by atoms with Gasteiger partial charge in [0.05, 0.1) is 12.8 Å². The normalized spacial score (nSPS) is 9.78. The molecule has 0 aliphatic rings. The van der Waals surface area contributed by atoms with E-state index in [4.69, 9.17) is 15.7 Å². The van der Waals surface area contributed by atoms with Crippen LogP contribution in [0.5, 0.6) is 5.75 Å². The minimum Gasteiger partial charge on any atom is -0.497 e. The number of nitrogens with one attached hydrogen (secondary N) is 1. The molecule has 0 atom stereocenters. The molecule has 18 heavy (non-hydrogen) atoms. The fraction of sp³-hybridized carbons (Fsp3) is 0.0833. The first-order valence-electron chi connectivity index (χ1n) is 5.10. The number of nitrogen functional groups attached to an aromatic ring is 1. The zero-order chi connectivity index (χ0) is 13.1. The SMILES string of the molecule is COc1ccc(-c2nc(N)[nH]c(=O)c2C#N)cc1. The van der Waals surface area contributed by atoms with E-state index >= 15 is 0 Å². The third-order valence-corrected chi connectivity index (χ3v) is 2.41. The lowest BCUT2D eigenvalue weighted by Crippen LogP contribution is -2.16. The van der Waals surface area contributed by atoms with Gasteiger partial charge in [-0.25, -0.2) is 4.98 Å². The predicted octanol–water partition coefficient (Wildman–Crippen LogP) is 0.899. The molecule has 0 radical (unpaired) electrons. The molecule has 6 nitrogen and oxygen atoms in total. The number of methoxy groups -OCH3 is 1. The number of aromatic nitrogens is 2. The van der Waals surface area contributed by atoms with Crippen molar-refractivity contribution < 1.29 is 4.74 Å². The van der Waals surface area contributed by atoms with E-state index in [0.717, 1.165) is 0 Å². The van der Waals surface area contributed by atoms with Crippen molar-refractivity contribution >= 4 is 5.95 Å². The van der Waals surface area contributed by atoms with Gasteiger partial charge in [-0.15, -0.1) is 0 Å². The molecule has 0 fully saturated rings. The van der Waals surface area contributed by atoms with E-state index < -0.39 is 5.56 Å². The Morgan fingerprint density at radius 3 is 2.61 bits per heavy atom. The van der Waals surface area contributed by atoms with Crippen molar-refractivity contribution in [3.05, 3.63) is 40.2 Å². The summed E-state index contributed by atoms with van der Waals surface area (Å²) in [6.07, 6.45) is 0. The summed E-state index contributed by atoms with van der Waals surface area (Å²) in [6, 6.07) is 8.68. The van der Waals surface area contributed by atoms with Gasteiger partial charge in [-0.2, -0.15) is 5.26 Å². The smallest absolute Gasteiger partial charge is 0.270 e. The maximum Gasteiger partial charge on any atom is 0.270 e. The molecule has 0 spiro atoms. The average molecular weight is 242 g/mol. The van der Waals surface area contributed by atoms with E-state index in [0.29, 0.717) is 11.3 Å². The lowest BCUT2D eigenvalue weighted by Gasteiger charge is -2.05. The number of nitrogens with zero attached hydrogens (tertiary/aromatic N) is 2. The van der Waals surface area contributed by atoms with E-state index in [1.165, 1.54) is 0 Å². The maximum absolute atomic E-state index is 11.6. The summed E-state index contributed by atoms with van der Waals surface area (Å²) in [5, 5.41) is 8.98. The standard InChI is InChI=1S/C12H10N4O2/c1-18-8-4-2-7(3-5-8)10-9(6-13)11(17)16-12(14)15-10/h2-5H,1H3,(H3,14,15,16,17).